The number of likely N-dealkylation sites (tertiary alicyclic amines) is 1. The van der Waals surface area contributed by atoms with E-state index in [0.717, 1.165) is 24.0 Å². The van der Waals surface area contributed by atoms with E-state index in [1.165, 1.54) is 12.1 Å². The minimum atomic E-state index is -2.85. The molecule has 0 saturated carbocycles. The van der Waals surface area contributed by atoms with Gasteiger partial charge in [0.1, 0.15) is 5.75 Å². The largest absolute Gasteiger partial charge is 0.435 e. The van der Waals surface area contributed by atoms with E-state index in [1.807, 2.05) is 30.3 Å². The molecule has 0 N–H and O–H groups in total. The summed E-state index contributed by atoms with van der Waals surface area (Å²) in [5, 5.41) is 0. The molecule has 2 aromatic rings. The number of benzene rings is 2. The van der Waals surface area contributed by atoms with Crippen molar-refractivity contribution in [2.24, 2.45) is 5.92 Å². The molecule has 3 rings (SSSR count). The number of rotatable bonds is 8. The van der Waals surface area contributed by atoms with E-state index in [9.17, 15) is 18.4 Å². The molecule has 2 aromatic carbocycles. The zero-order chi connectivity index (χ0) is 21.5. The minimum Gasteiger partial charge on any atom is -0.435 e. The molecule has 0 bridgehead atoms. The van der Waals surface area contributed by atoms with Crippen LogP contribution in [0.2, 0.25) is 0 Å². The van der Waals surface area contributed by atoms with Crippen molar-refractivity contribution in [3.63, 3.8) is 0 Å². The SMILES string of the molecule is CN(Cc1ccc(OC(F)F)cc1)C(=O)CN1CCC(C(=O)c2ccccc2)CC1. The van der Waals surface area contributed by atoms with Gasteiger partial charge in [0.15, 0.2) is 5.78 Å². The van der Waals surface area contributed by atoms with Crippen molar-refractivity contribution in [2.75, 3.05) is 26.7 Å². The lowest BCUT2D eigenvalue weighted by Gasteiger charge is -2.32. The van der Waals surface area contributed by atoms with Crippen molar-refractivity contribution in [2.45, 2.75) is 26.0 Å². The highest BCUT2D eigenvalue weighted by molar-refractivity contribution is 5.97. The van der Waals surface area contributed by atoms with E-state index < -0.39 is 6.61 Å². The number of carbonyl (C=O) groups excluding carboxylic acids is 2. The van der Waals surface area contributed by atoms with E-state index in [-0.39, 0.29) is 23.4 Å². The molecule has 1 saturated heterocycles. The average Bonchev–Trinajstić information content (AvgIpc) is 2.75. The van der Waals surface area contributed by atoms with Crippen LogP contribution in [0.25, 0.3) is 0 Å². The van der Waals surface area contributed by atoms with Crippen molar-refractivity contribution in [1.29, 1.82) is 0 Å². The Morgan fingerprint density at radius 1 is 1.07 bits per heavy atom. The number of piperidine rings is 1. The molecule has 5 nitrogen and oxygen atoms in total. The molecule has 1 fully saturated rings. The van der Waals surface area contributed by atoms with E-state index in [1.54, 1.807) is 24.1 Å². The summed E-state index contributed by atoms with van der Waals surface area (Å²) in [5.41, 5.74) is 1.58. The highest BCUT2D eigenvalue weighted by atomic mass is 19.3. The Morgan fingerprint density at radius 2 is 1.70 bits per heavy atom. The first kappa shape index (κ1) is 21.9. The quantitative estimate of drug-likeness (QED) is 0.614. The Bertz CT molecular complexity index is 835. The highest BCUT2D eigenvalue weighted by Gasteiger charge is 2.27. The van der Waals surface area contributed by atoms with Crippen LogP contribution >= 0.6 is 0 Å². The zero-order valence-corrected chi connectivity index (χ0v) is 17.0. The third kappa shape index (κ3) is 6.10. The summed E-state index contributed by atoms with van der Waals surface area (Å²) < 4.78 is 28.8. The van der Waals surface area contributed by atoms with Gasteiger partial charge in [0.05, 0.1) is 6.54 Å². The maximum absolute atomic E-state index is 12.6. The van der Waals surface area contributed by atoms with Crippen LogP contribution in [-0.4, -0.2) is 54.8 Å². The molecular weight excluding hydrogens is 390 g/mol. The summed E-state index contributed by atoms with van der Waals surface area (Å²) in [7, 11) is 1.72. The van der Waals surface area contributed by atoms with Gasteiger partial charge in [-0.2, -0.15) is 8.78 Å². The van der Waals surface area contributed by atoms with Gasteiger partial charge in [-0.3, -0.25) is 14.5 Å². The number of alkyl halides is 2. The lowest BCUT2D eigenvalue weighted by Crippen LogP contribution is -2.43. The molecule has 1 heterocycles. The summed E-state index contributed by atoms with van der Waals surface area (Å²) in [4.78, 5) is 28.8. The highest BCUT2D eigenvalue weighted by Crippen LogP contribution is 2.22. The molecule has 7 heteroatoms. The van der Waals surface area contributed by atoms with E-state index in [0.29, 0.717) is 26.2 Å². The number of likely N-dealkylation sites (N-methyl/N-ethyl adjacent to an activating group) is 1. The summed E-state index contributed by atoms with van der Waals surface area (Å²) in [6.45, 7) is -0.746. The van der Waals surface area contributed by atoms with Crippen molar-refractivity contribution in [3.8, 4) is 5.75 Å². The van der Waals surface area contributed by atoms with Gasteiger partial charge in [0, 0.05) is 25.1 Å². The smallest absolute Gasteiger partial charge is 0.387 e. The number of hydrogen-bond acceptors (Lipinski definition) is 4. The van der Waals surface area contributed by atoms with Crippen LogP contribution < -0.4 is 4.74 Å². The van der Waals surface area contributed by atoms with Gasteiger partial charge in [0.2, 0.25) is 5.91 Å². The molecule has 0 aromatic heterocycles. The van der Waals surface area contributed by atoms with Crippen LogP contribution in [0.4, 0.5) is 8.78 Å². The van der Waals surface area contributed by atoms with Crippen LogP contribution in [-0.2, 0) is 11.3 Å². The molecule has 0 unspecified atom stereocenters. The fraction of sp³-hybridized carbons (Fsp3) is 0.391. The monoisotopic (exact) mass is 416 g/mol. The lowest BCUT2D eigenvalue weighted by atomic mass is 9.89. The molecule has 0 atom stereocenters. The van der Waals surface area contributed by atoms with E-state index in [2.05, 4.69) is 9.64 Å². The number of nitrogens with zero attached hydrogens (tertiary/aromatic N) is 2. The van der Waals surface area contributed by atoms with Gasteiger partial charge >= 0.3 is 6.61 Å². The molecule has 1 amide bonds. The van der Waals surface area contributed by atoms with Crippen LogP contribution in [0.15, 0.2) is 54.6 Å². The molecule has 0 spiro atoms. The molecule has 30 heavy (non-hydrogen) atoms. The fourth-order valence-corrected chi connectivity index (χ4v) is 3.64. The molecule has 0 aliphatic carbocycles. The summed E-state index contributed by atoms with van der Waals surface area (Å²) in [6.07, 6.45) is 1.49. The van der Waals surface area contributed by atoms with Gasteiger partial charge in [0.25, 0.3) is 0 Å². The molecule has 0 radical (unpaired) electrons. The molecule has 160 valence electrons. The Morgan fingerprint density at radius 3 is 2.30 bits per heavy atom. The van der Waals surface area contributed by atoms with E-state index >= 15 is 0 Å². The third-order valence-corrected chi connectivity index (χ3v) is 5.37. The maximum atomic E-state index is 12.6. The zero-order valence-electron chi connectivity index (χ0n) is 17.0. The Labute approximate surface area is 175 Å². The van der Waals surface area contributed by atoms with Crippen LogP contribution in [0.3, 0.4) is 0 Å². The van der Waals surface area contributed by atoms with Gasteiger partial charge in [-0.1, -0.05) is 42.5 Å². The second-order valence-corrected chi connectivity index (χ2v) is 7.55. The van der Waals surface area contributed by atoms with Crippen LogP contribution in [0.5, 0.6) is 5.75 Å². The molecular formula is C23H26F2N2O3. The van der Waals surface area contributed by atoms with Crippen LogP contribution in [0.1, 0.15) is 28.8 Å². The first-order chi connectivity index (χ1) is 14.4. The van der Waals surface area contributed by atoms with E-state index in [4.69, 9.17) is 0 Å². The number of ether oxygens (including phenoxy) is 1. The number of hydrogen-bond donors (Lipinski definition) is 0. The third-order valence-electron chi connectivity index (χ3n) is 5.37. The van der Waals surface area contributed by atoms with Crippen LogP contribution in [0, 0.1) is 5.92 Å². The van der Waals surface area contributed by atoms with Crippen molar-refractivity contribution in [1.82, 2.24) is 9.80 Å². The number of Topliss-reactive ketones (excluding diaryl/α,β-unsaturated/α-hetero) is 1. The second-order valence-electron chi connectivity index (χ2n) is 7.55. The van der Waals surface area contributed by atoms with Crippen molar-refractivity contribution >= 4 is 11.7 Å². The van der Waals surface area contributed by atoms with Gasteiger partial charge in [-0.05, 0) is 43.6 Å². The second kappa shape index (κ2) is 10.3. The first-order valence-electron chi connectivity index (χ1n) is 10.0. The Balaban J connectivity index is 1.44. The fourth-order valence-electron chi connectivity index (χ4n) is 3.64. The number of carbonyl (C=O) groups is 2. The topological polar surface area (TPSA) is 49.9 Å². The lowest BCUT2D eigenvalue weighted by molar-refractivity contribution is -0.131. The predicted octanol–water partition coefficient (Wildman–Crippen LogP) is 3.84. The standard InChI is InChI=1S/C23H26F2N2O3/c1-26(15-17-7-9-20(10-8-17)30-23(24)25)21(28)16-27-13-11-19(12-14-27)22(29)18-5-3-2-4-6-18/h2-10,19,23H,11-16H2,1H3. The van der Waals surface area contributed by atoms with Gasteiger partial charge in [-0.25, -0.2) is 0 Å². The summed E-state index contributed by atoms with van der Waals surface area (Å²) in [6, 6.07) is 15.6. The molecule has 1 aliphatic rings. The number of ketones is 1. The number of amides is 1. The average molecular weight is 416 g/mol. The normalized spacial score (nSPS) is 15.2. The van der Waals surface area contributed by atoms with Gasteiger partial charge < -0.3 is 9.64 Å². The first-order valence-corrected chi connectivity index (χ1v) is 10.0. The molecule has 1 aliphatic heterocycles. The maximum Gasteiger partial charge on any atom is 0.387 e. The Hall–Kier alpha value is -2.80. The minimum absolute atomic E-state index is 0.00505. The van der Waals surface area contributed by atoms with Crippen molar-refractivity contribution < 1.29 is 23.1 Å². The summed E-state index contributed by atoms with van der Waals surface area (Å²) >= 11 is 0. The summed E-state index contributed by atoms with van der Waals surface area (Å²) in [5.74, 6) is 0.259. The predicted molar refractivity (Wildman–Crippen MR) is 109 cm³/mol. The number of halogens is 2. The van der Waals surface area contributed by atoms with Crippen molar-refractivity contribution in [3.05, 3.63) is 65.7 Å². The van der Waals surface area contributed by atoms with Gasteiger partial charge in [-0.15, -0.1) is 0 Å². The Kier molecular flexibility index (Phi) is 7.52.